The molecule has 0 aliphatic carbocycles. The van der Waals surface area contributed by atoms with Gasteiger partial charge in [-0.05, 0) is 53.6 Å². The molecule has 0 bridgehead atoms. The van der Waals surface area contributed by atoms with E-state index in [1.54, 1.807) is 0 Å². The summed E-state index contributed by atoms with van der Waals surface area (Å²) in [4.78, 5) is 4.06. The SMILES string of the molecule is CC(O)CC(C)(C)CNCc1cccc(-c2ccncc2)c1. The average molecular weight is 298 g/mol. The Kier molecular flexibility index (Phi) is 5.69. The predicted octanol–water partition coefficient (Wildman–Crippen LogP) is 3.64. The number of nitrogens with zero attached hydrogens (tertiary/aromatic N) is 1. The lowest BCUT2D eigenvalue weighted by atomic mass is 9.87. The number of rotatable bonds is 7. The fourth-order valence-corrected chi connectivity index (χ4v) is 2.82. The summed E-state index contributed by atoms with van der Waals surface area (Å²) in [5.41, 5.74) is 3.76. The molecule has 3 nitrogen and oxygen atoms in total. The zero-order valence-corrected chi connectivity index (χ0v) is 13.7. The summed E-state index contributed by atoms with van der Waals surface area (Å²) in [5, 5.41) is 13.0. The van der Waals surface area contributed by atoms with E-state index in [0.29, 0.717) is 0 Å². The maximum Gasteiger partial charge on any atom is 0.0517 e. The molecule has 0 saturated carbocycles. The Hall–Kier alpha value is -1.71. The highest BCUT2D eigenvalue weighted by molar-refractivity contribution is 5.63. The Labute approximate surface area is 133 Å². The molecule has 1 aromatic carbocycles. The first-order valence-corrected chi connectivity index (χ1v) is 7.84. The lowest BCUT2D eigenvalue weighted by Gasteiger charge is -2.26. The summed E-state index contributed by atoms with van der Waals surface area (Å²) in [6.07, 6.45) is 4.18. The van der Waals surface area contributed by atoms with Gasteiger partial charge in [0.2, 0.25) is 0 Å². The van der Waals surface area contributed by atoms with Crippen molar-refractivity contribution in [1.29, 1.82) is 0 Å². The Balaban J connectivity index is 1.94. The van der Waals surface area contributed by atoms with E-state index < -0.39 is 0 Å². The fraction of sp³-hybridized carbons (Fsp3) is 0.421. The summed E-state index contributed by atoms with van der Waals surface area (Å²) in [5.74, 6) is 0. The first-order valence-electron chi connectivity index (χ1n) is 7.84. The molecule has 1 aromatic heterocycles. The summed E-state index contributed by atoms with van der Waals surface area (Å²) in [7, 11) is 0. The lowest BCUT2D eigenvalue weighted by Crippen LogP contribution is -2.31. The molecular weight excluding hydrogens is 272 g/mol. The third kappa shape index (κ3) is 5.24. The zero-order chi connectivity index (χ0) is 16.0. The van der Waals surface area contributed by atoms with Crippen molar-refractivity contribution in [1.82, 2.24) is 10.3 Å². The predicted molar refractivity (Wildman–Crippen MR) is 91.5 cm³/mol. The second kappa shape index (κ2) is 7.52. The van der Waals surface area contributed by atoms with Crippen LogP contribution < -0.4 is 5.32 Å². The van der Waals surface area contributed by atoms with Crippen LogP contribution in [0.5, 0.6) is 0 Å². The lowest BCUT2D eigenvalue weighted by molar-refractivity contribution is 0.128. The van der Waals surface area contributed by atoms with Gasteiger partial charge in [0.25, 0.3) is 0 Å². The van der Waals surface area contributed by atoms with Gasteiger partial charge < -0.3 is 10.4 Å². The monoisotopic (exact) mass is 298 g/mol. The highest BCUT2D eigenvalue weighted by Crippen LogP contribution is 2.22. The molecule has 1 unspecified atom stereocenters. The van der Waals surface area contributed by atoms with E-state index in [4.69, 9.17) is 0 Å². The molecule has 0 amide bonds. The van der Waals surface area contributed by atoms with Crippen molar-refractivity contribution >= 4 is 0 Å². The van der Waals surface area contributed by atoms with Gasteiger partial charge in [-0.2, -0.15) is 0 Å². The van der Waals surface area contributed by atoms with Crippen LogP contribution in [0.15, 0.2) is 48.8 Å². The third-order valence-corrected chi connectivity index (χ3v) is 3.72. The number of nitrogens with one attached hydrogen (secondary N) is 1. The van der Waals surface area contributed by atoms with Crippen LogP contribution in [0.3, 0.4) is 0 Å². The summed E-state index contributed by atoms with van der Waals surface area (Å²) < 4.78 is 0. The second-order valence-corrected chi connectivity index (χ2v) is 6.76. The van der Waals surface area contributed by atoms with Gasteiger partial charge in [0, 0.05) is 25.5 Å². The molecular formula is C19H26N2O. The van der Waals surface area contributed by atoms with Crippen LogP contribution in [0.25, 0.3) is 11.1 Å². The van der Waals surface area contributed by atoms with E-state index in [-0.39, 0.29) is 11.5 Å². The number of pyridine rings is 1. The van der Waals surface area contributed by atoms with Crippen LogP contribution in [-0.2, 0) is 6.54 Å². The minimum atomic E-state index is -0.258. The number of benzene rings is 1. The number of aliphatic hydroxyl groups excluding tert-OH is 1. The summed E-state index contributed by atoms with van der Waals surface area (Å²) in [6, 6.07) is 12.6. The van der Waals surface area contributed by atoms with Crippen molar-refractivity contribution in [2.75, 3.05) is 6.54 Å². The molecule has 2 rings (SSSR count). The largest absolute Gasteiger partial charge is 0.393 e. The van der Waals surface area contributed by atoms with Crippen molar-refractivity contribution in [3.05, 3.63) is 54.4 Å². The van der Waals surface area contributed by atoms with Crippen LogP contribution in [-0.4, -0.2) is 22.7 Å². The van der Waals surface area contributed by atoms with Gasteiger partial charge in [0.05, 0.1) is 6.10 Å². The number of hydrogen-bond donors (Lipinski definition) is 2. The smallest absolute Gasteiger partial charge is 0.0517 e. The van der Waals surface area contributed by atoms with E-state index in [9.17, 15) is 5.11 Å². The Morgan fingerprint density at radius 3 is 2.55 bits per heavy atom. The van der Waals surface area contributed by atoms with E-state index in [2.05, 4.69) is 48.4 Å². The Morgan fingerprint density at radius 1 is 1.14 bits per heavy atom. The molecule has 1 atom stereocenters. The molecule has 0 aliphatic rings. The zero-order valence-electron chi connectivity index (χ0n) is 13.7. The third-order valence-electron chi connectivity index (χ3n) is 3.72. The highest BCUT2D eigenvalue weighted by Gasteiger charge is 2.19. The highest BCUT2D eigenvalue weighted by atomic mass is 16.3. The number of hydrogen-bond acceptors (Lipinski definition) is 3. The molecule has 0 radical (unpaired) electrons. The minimum absolute atomic E-state index is 0.0941. The topological polar surface area (TPSA) is 45.1 Å². The van der Waals surface area contributed by atoms with Crippen molar-refractivity contribution in [2.45, 2.75) is 39.8 Å². The number of aromatic nitrogens is 1. The Bertz CT molecular complexity index is 579. The molecule has 2 aromatic rings. The second-order valence-electron chi connectivity index (χ2n) is 6.76. The van der Waals surface area contributed by atoms with Crippen LogP contribution >= 0.6 is 0 Å². The molecule has 2 N–H and O–H groups in total. The normalized spacial score (nSPS) is 13.1. The van der Waals surface area contributed by atoms with Crippen molar-refractivity contribution in [3.8, 4) is 11.1 Å². The van der Waals surface area contributed by atoms with Crippen LogP contribution in [0.2, 0.25) is 0 Å². The maximum atomic E-state index is 9.53. The van der Waals surface area contributed by atoms with E-state index >= 15 is 0 Å². The van der Waals surface area contributed by atoms with Gasteiger partial charge in [-0.3, -0.25) is 4.98 Å². The van der Waals surface area contributed by atoms with Crippen LogP contribution in [0.1, 0.15) is 32.8 Å². The first kappa shape index (κ1) is 16.7. The van der Waals surface area contributed by atoms with Gasteiger partial charge in [0.1, 0.15) is 0 Å². The van der Waals surface area contributed by atoms with Crippen LogP contribution in [0, 0.1) is 5.41 Å². The minimum Gasteiger partial charge on any atom is -0.393 e. The molecule has 118 valence electrons. The fourth-order valence-electron chi connectivity index (χ4n) is 2.82. The van der Waals surface area contributed by atoms with Crippen molar-refractivity contribution in [2.24, 2.45) is 5.41 Å². The van der Waals surface area contributed by atoms with Crippen molar-refractivity contribution in [3.63, 3.8) is 0 Å². The first-order chi connectivity index (χ1) is 10.5. The molecule has 0 fully saturated rings. The van der Waals surface area contributed by atoms with Crippen LogP contribution in [0.4, 0.5) is 0 Å². The quantitative estimate of drug-likeness (QED) is 0.820. The summed E-state index contributed by atoms with van der Waals surface area (Å²) in [6.45, 7) is 7.93. The van der Waals surface area contributed by atoms with Gasteiger partial charge in [-0.25, -0.2) is 0 Å². The molecule has 1 heterocycles. The number of aliphatic hydroxyl groups is 1. The summed E-state index contributed by atoms with van der Waals surface area (Å²) >= 11 is 0. The molecule has 0 saturated heterocycles. The molecule has 22 heavy (non-hydrogen) atoms. The average Bonchev–Trinajstić information content (AvgIpc) is 2.47. The molecule has 3 heteroatoms. The van der Waals surface area contributed by atoms with E-state index in [1.165, 1.54) is 16.7 Å². The maximum absolute atomic E-state index is 9.53. The van der Waals surface area contributed by atoms with E-state index in [0.717, 1.165) is 19.5 Å². The van der Waals surface area contributed by atoms with Gasteiger partial charge in [0.15, 0.2) is 0 Å². The van der Waals surface area contributed by atoms with E-state index in [1.807, 2.05) is 31.5 Å². The standard InChI is InChI=1S/C19H26N2O/c1-15(22)12-19(2,3)14-21-13-16-5-4-6-18(11-16)17-7-9-20-10-8-17/h4-11,15,21-22H,12-14H2,1-3H3. The van der Waals surface area contributed by atoms with Gasteiger partial charge in [-0.1, -0.05) is 32.0 Å². The molecule has 0 spiro atoms. The molecule has 0 aliphatic heterocycles. The van der Waals surface area contributed by atoms with Gasteiger partial charge in [-0.15, -0.1) is 0 Å². The Morgan fingerprint density at radius 2 is 1.86 bits per heavy atom. The van der Waals surface area contributed by atoms with Crippen molar-refractivity contribution < 1.29 is 5.11 Å². The van der Waals surface area contributed by atoms with Gasteiger partial charge >= 0.3 is 0 Å².